The Balaban J connectivity index is 2.76. The molecule has 1 N–H and O–H groups in total. The molecule has 0 unspecified atom stereocenters. The van der Waals surface area contributed by atoms with E-state index in [1.807, 2.05) is 19.9 Å². The number of fused-ring (bicyclic) bond motifs is 1. The lowest BCUT2D eigenvalue weighted by atomic mass is 10.0. The van der Waals surface area contributed by atoms with Gasteiger partial charge in [-0.1, -0.05) is 6.08 Å². The quantitative estimate of drug-likeness (QED) is 0.627. The molecule has 0 aliphatic heterocycles. The van der Waals surface area contributed by atoms with Crippen LogP contribution >= 0.6 is 0 Å². The van der Waals surface area contributed by atoms with Crippen LogP contribution in [-0.2, 0) is 17.8 Å². The van der Waals surface area contributed by atoms with Gasteiger partial charge in [-0.05, 0) is 38.0 Å². The van der Waals surface area contributed by atoms with Crippen molar-refractivity contribution in [3.05, 3.63) is 36.0 Å². The van der Waals surface area contributed by atoms with Crippen LogP contribution in [-0.4, -0.2) is 32.7 Å². The maximum Gasteiger partial charge on any atom is 0.325 e. The van der Waals surface area contributed by atoms with E-state index in [0.717, 1.165) is 5.56 Å². The first-order valence-corrected chi connectivity index (χ1v) is 7.37. The minimum atomic E-state index is -1.02. The van der Waals surface area contributed by atoms with Crippen LogP contribution in [0, 0.1) is 0 Å². The Labute approximate surface area is 134 Å². The fourth-order valence-electron chi connectivity index (χ4n) is 2.53. The number of ketones is 1. The molecule has 0 fully saturated rings. The van der Waals surface area contributed by atoms with Gasteiger partial charge >= 0.3 is 5.97 Å². The summed E-state index contributed by atoms with van der Waals surface area (Å²) in [5, 5.41) is 13.9. The summed E-state index contributed by atoms with van der Waals surface area (Å²) in [6, 6.07) is 3.58. The largest absolute Gasteiger partial charge is 0.491 e. The molecule has 0 amide bonds. The number of Topliss-reactive ketones (excluding diaryl/α,β-unsaturated/α-hetero) is 1. The number of carboxylic acids is 1. The van der Waals surface area contributed by atoms with Gasteiger partial charge in [-0.2, -0.15) is 5.10 Å². The lowest BCUT2D eigenvalue weighted by molar-refractivity contribution is -0.137. The van der Waals surface area contributed by atoms with E-state index in [1.165, 1.54) is 11.6 Å². The maximum atomic E-state index is 11.9. The molecule has 0 aliphatic carbocycles. The standard InChI is InChI=1S/C17H20N2O4/c1-5-6-12-7-13(23-10(2)3)8-14-16(11(4)20)18-19(17(12)14)9-15(21)22/h5,7-8,10H,1,6,9H2,2-4H3,(H,21,22). The zero-order valence-electron chi connectivity index (χ0n) is 13.5. The van der Waals surface area contributed by atoms with Crippen molar-refractivity contribution in [2.45, 2.75) is 39.8 Å². The molecular formula is C17H20N2O4. The molecule has 1 heterocycles. The molecule has 0 radical (unpaired) electrons. The summed E-state index contributed by atoms with van der Waals surface area (Å²) in [7, 11) is 0. The second kappa shape index (κ2) is 6.64. The number of ether oxygens (including phenoxy) is 1. The predicted molar refractivity (Wildman–Crippen MR) is 87.0 cm³/mol. The fourth-order valence-corrected chi connectivity index (χ4v) is 2.53. The number of carboxylic acid groups (broad SMARTS) is 1. The first kappa shape index (κ1) is 16.7. The molecule has 0 saturated carbocycles. The number of carbonyl (C=O) groups is 2. The van der Waals surface area contributed by atoms with Crippen molar-refractivity contribution in [3.63, 3.8) is 0 Å². The number of aliphatic carboxylic acids is 1. The molecule has 2 rings (SSSR count). The van der Waals surface area contributed by atoms with E-state index in [0.29, 0.717) is 23.1 Å². The van der Waals surface area contributed by atoms with Gasteiger partial charge in [0.1, 0.15) is 18.0 Å². The highest BCUT2D eigenvalue weighted by atomic mass is 16.5. The smallest absolute Gasteiger partial charge is 0.325 e. The highest BCUT2D eigenvalue weighted by Gasteiger charge is 2.19. The number of rotatable bonds is 7. The van der Waals surface area contributed by atoms with Gasteiger partial charge in [-0.25, -0.2) is 0 Å². The number of nitrogens with zero attached hydrogens (tertiary/aromatic N) is 2. The second-order valence-corrected chi connectivity index (χ2v) is 5.59. The number of carbonyl (C=O) groups excluding carboxylic acids is 1. The number of aromatic nitrogens is 2. The Hall–Kier alpha value is -2.63. The summed E-state index contributed by atoms with van der Waals surface area (Å²) in [4.78, 5) is 23.0. The lowest BCUT2D eigenvalue weighted by Crippen LogP contribution is -2.11. The average Bonchev–Trinajstić information content (AvgIpc) is 2.76. The third kappa shape index (κ3) is 3.59. The first-order chi connectivity index (χ1) is 10.8. The maximum absolute atomic E-state index is 11.9. The van der Waals surface area contributed by atoms with Crippen molar-refractivity contribution in [1.29, 1.82) is 0 Å². The Morgan fingerprint density at radius 1 is 1.43 bits per heavy atom. The topological polar surface area (TPSA) is 81.4 Å². The van der Waals surface area contributed by atoms with Gasteiger partial charge in [0, 0.05) is 12.3 Å². The van der Waals surface area contributed by atoms with E-state index in [1.54, 1.807) is 12.1 Å². The molecule has 122 valence electrons. The molecule has 2 aromatic rings. The summed E-state index contributed by atoms with van der Waals surface area (Å²) in [5.41, 5.74) is 1.71. The van der Waals surface area contributed by atoms with Crippen LogP contribution in [0.5, 0.6) is 5.75 Å². The molecule has 1 aromatic carbocycles. The van der Waals surface area contributed by atoms with Gasteiger partial charge in [0.15, 0.2) is 5.78 Å². The highest BCUT2D eigenvalue weighted by Crippen LogP contribution is 2.30. The molecule has 23 heavy (non-hydrogen) atoms. The molecule has 0 saturated heterocycles. The number of allylic oxidation sites excluding steroid dienone is 1. The van der Waals surface area contributed by atoms with Gasteiger partial charge in [0.05, 0.1) is 11.6 Å². The summed E-state index contributed by atoms with van der Waals surface area (Å²) in [6.07, 6.45) is 2.23. The van der Waals surface area contributed by atoms with E-state index in [9.17, 15) is 9.59 Å². The van der Waals surface area contributed by atoms with Gasteiger partial charge in [0.2, 0.25) is 0 Å². The van der Waals surface area contributed by atoms with Crippen LogP contribution in [0.15, 0.2) is 24.8 Å². The van der Waals surface area contributed by atoms with Gasteiger partial charge in [0.25, 0.3) is 0 Å². The Morgan fingerprint density at radius 2 is 2.13 bits per heavy atom. The number of benzene rings is 1. The highest BCUT2D eigenvalue weighted by molar-refractivity contribution is 6.06. The third-order valence-corrected chi connectivity index (χ3v) is 3.25. The number of hydrogen-bond donors (Lipinski definition) is 1. The summed E-state index contributed by atoms with van der Waals surface area (Å²) in [6.45, 7) is 8.67. The molecular weight excluding hydrogens is 296 g/mol. The molecule has 6 nitrogen and oxygen atoms in total. The summed E-state index contributed by atoms with van der Waals surface area (Å²) >= 11 is 0. The summed E-state index contributed by atoms with van der Waals surface area (Å²) in [5.74, 6) is -0.608. The fraction of sp³-hybridized carbons (Fsp3) is 0.353. The summed E-state index contributed by atoms with van der Waals surface area (Å²) < 4.78 is 7.09. The van der Waals surface area contributed by atoms with Crippen LogP contribution in [0.4, 0.5) is 0 Å². The Bertz CT molecular complexity index is 774. The van der Waals surface area contributed by atoms with Crippen LogP contribution in [0.1, 0.15) is 36.8 Å². The van der Waals surface area contributed by atoms with E-state index >= 15 is 0 Å². The van der Waals surface area contributed by atoms with E-state index in [2.05, 4.69) is 11.7 Å². The van der Waals surface area contributed by atoms with Crippen molar-refractivity contribution in [3.8, 4) is 5.75 Å². The minimum Gasteiger partial charge on any atom is -0.491 e. The molecule has 0 atom stereocenters. The predicted octanol–water partition coefficient (Wildman–Crippen LogP) is 2.84. The van der Waals surface area contributed by atoms with Crippen molar-refractivity contribution in [1.82, 2.24) is 9.78 Å². The van der Waals surface area contributed by atoms with Crippen molar-refractivity contribution in [2.75, 3.05) is 0 Å². The van der Waals surface area contributed by atoms with Gasteiger partial charge in [-0.3, -0.25) is 14.3 Å². The van der Waals surface area contributed by atoms with E-state index in [4.69, 9.17) is 9.84 Å². The van der Waals surface area contributed by atoms with E-state index < -0.39 is 5.97 Å². The van der Waals surface area contributed by atoms with Crippen molar-refractivity contribution >= 4 is 22.7 Å². The molecule has 0 spiro atoms. The zero-order chi connectivity index (χ0) is 17.1. The van der Waals surface area contributed by atoms with Gasteiger partial charge in [-0.15, -0.1) is 6.58 Å². The monoisotopic (exact) mass is 316 g/mol. The second-order valence-electron chi connectivity index (χ2n) is 5.59. The molecule has 0 bridgehead atoms. The Morgan fingerprint density at radius 3 is 2.65 bits per heavy atom. The van der Waals surface area contributed by atoms with Crippen molar-refractivity contribution in [2.24, 2.45) is 0 Å². The van der Waals surface area contributed by atoms with Crippen LogP contribution in [0.25, 0.3) is 10.9 Å². The zero-order valence-corrected chi connectivity index (χ0v) is 13.5. The van der Waals surface area contributed by atoms with Crippen LogP contribution in [0.2, 0.25) is 0 Å². The minimum absolute atomic E-state index is 0.0149. The van der Waals surface area contributed by atoms with Crippen LogP contribution in [0.3, 0.4) is 0 Å². The van der Waals surface area contributed by atoms with E-state index in [-0.39, 0.29) is 24.1 Å². The SMILES string of the molecule is C=CCc1cc(OC(C)C)cc2c(C(C)=O)nn(CC(=O)O)c12. The van der Waals surface area contributed by atoms with Crippen molar-refractivity contribution < 1.29 is 19.4 Å². The number of hydrogen-bond acceptors (Lipinski definition) is 4. The van der Waals surface area contributed by atoms with Gasteiger partial charge < -0.3 is 9.84 Å². The first-order valence-electron chi connectivity index (χ1n) is 7.37. The lowest BCUT2D eigenvalue weighted by Gasteiger charge is -2.12. The Kier molecular flexibility index (Phi) is 4.83. The normalized spacial score (nSPS) is 11.0. The average molecular weight is 316 g/mol. The van der Waals surface area contributed by atoms with Crippen LogP contribution < -0.4 is 4.74 Å². The molecule has 1 aromatic heterocycles. The third-order valence-electron chi connectivity index (χ3n) is 3.25. The molecule has 6 heteroatoms. The molecule has 0 aliphatic rings.